The molecular weight excluding hydrogens is 295 g/mol. The van der Waals surface area contributed by atoms with Crippen LogP contribution < -0.4 is 5.73 Å². The van der Waals surface area contributed by atoms with Crippen LogP contribution in [0.2, 0.25) is 0 Å². The second-order valence-electron chi connectivity index (χ2n) is 3.95. The predicted molar refractivity (Wildman–Crippen MR) is 55.2 cm³/mol. The molecule has 20 heavy (non-hydrogen) atoms. The molecule has 0 aliphatic carbocycles. The van der Waals surface area contributed by atoms with Crippen LogP contribution in [0.15, 0.2) is 24.3 Å². The molecule has 0 amide bonds. The molecule has 0 heterocycles. The van der Waals surface area contributed by atoms with E-state index >= 15 is 0 Å². The summed E-state index contributed by atoms with van der Waals surface area (Å²) < 4.78 is 89.6. The molecule has 0 spiro atoms. The van der Waals surface area contributed by atoms with Gasteiger partial charge in [0.25, 0.3) is 0 Å². The summed E-state index contributed by atoms with van der Waals surface area (Å²) in [7, 11) is 0. The molecule has 2 N–H and O–H groups in total. The van der Waals surface area contributed by atoms with Crippen LogP contribution in [-0.4, -0.2) is 25.1 Å². The molecule has 0 saturated carbocycles. The van der Waals surface area contributed by atoms with Crippen LogP contribution in [0.25, 0.3) is 0 Å². The van der Waals surface area contributed by atoms with Crippen molar-refractivity contribution in [1.82, 2.24) is 0 Å². The quantitative estimate of drug-likeness (QED) is 0.866. The van der Waals surface area contributed by atoms with Gasteiger partial charge in [0.2, 0.25) is 6.10 Å². The fourth-order valence-electron chi connectivity index (χ4n) is 1.38. The fraction of sp³-hybridized carbons (Fsp3) is 0.455. The lowest BCUT2D eigenvalue weighted by Crippen LogP contribution is -2.45. The minimum Gasteiger partial charge on any atom is -0.359 e. The highest BCUT2D eigenvalue weighted by molar-refractivity contribution is 5.19. The third-order valence-electron chi connectivity index (χ3n) is 2.34. The average Bonchev–Trinajstić information content (AvgIpc) is 2.26. The SMILES string of the molecule is NC(COC(C(F)(F)F)C(F)(F)F)c1ccc(F)cc1. The molecule has 1 rings (SSSR count). The summed E-state index contributed by atoms with van der Waals surface area (Å²) in [6.07, 6.45) is -15.1. The summed E-state index contributed by atoms with van der Waals surface area (Å²) >= 11 is 0. The lowest BCUT2D eigenvalue weighted by molar-refractivity contribution is -0.322. The van der Waals surface area contributed by atoms with Gasteiger partial charge in [-0.3, -0.25) is 0 Å². The normalized spacial score (nSPS) is 14.7. The first-order chi connectivity index (χ1) is 9.01. The Kier molecular flexibility index (Phi) is 4.98. The summed E-state index contributed by atoms with van der Waals surface area (Å²) in [6.45, 7) is -1.00. The first-order valence-electron chi connectivity index (χ1n) is 5.28. The van der Waals surface area contributed by atoms with Gasteiger partial charge in [0, 0.05) is 0 Å². The summed E-state index contributed by atoms with van der Waals surface area (Å²) in [6, 6.07) is 3.04. The van der Waals surface area contributed by atoms with E-state index in [9.17, 15) is 30.7 Å². The van der Waals surface area contributed by atoms with Crippen LogP contribution >= 0.6 is 0 Å². The third kappa shape index (κ3) is 4.64. The Balaban J connectivity index is 2.71. The minimum atomic E-state index is -5.58. The highest BCUT2D eigenvalue weighted by atomic mass is 19.4. The van der Waals surface area contributed by atoms with E-state index in [0.29, 0.717) is 0 Å². The molecule has 0 aliphatic heterocycles. The molecule has 0 radical (unpaired) electrons. The van der Waals surface area contributed by atoms with Gasteiger partial charge in [0.15, 0.2) is 0 Å². The van der Waals surface area contributed by atoms with Crippen molar-refractivity contribution in [2.45, 2.75) is 24.5 Å². The van der Waals surface area contributed by atoms with Gasteiger partial charge in [-0.25, -0.2) is 4.39 Å². The van der Waals surface area contributed by atoms with E-state index < -0.39 is 36.9 Å². The van der Waals surface area contributed by atoms with Crippen molar-refractivity contribution in [2.75, 3.05) is 6.61 Å². The number of rotatable bonds is 4. The first kappa shape index (κ1) is 16.7. The number of halogens is 7. The molecule has 0 fully saturated rings. The Morgan fingerprint density at radius 2 is 1.40 bits per heavy atom. The zero-order chi connectivity index (χ0) is 15.6. The summed E-state index contributed by atoms with van der Waals surface area (Å²) in [5.41, 5.74) is 5.56. The third-order valence-corrected chi connectivity index (χ3v) is 2.34. The highest BCUT2D eigenvalue weighted by Crippen LogP contribution is 2.36. The van der Waals surface area contributed by atoms with Crippen LogP contribution in [0.4, 0.5) is 30.7 Å². The van der Waals surface area contributed by atoms with Gasteiger partial charge in [0.05, 0.1) is 12.6 Å². The van der Waals surface area contributed by atoms with Gasteiger partial charge < -0.3 is 10.5 Å². The highest BCUT2D eigenvalue weighted by Gasteiger charge is 2.58. The Bertz CT molecular complexity index is 412. The summed E-state index contributed by atoms with van der Waals surface area (Å²) in [4.78, 5) is 0. The second-order valence-corrected chi connectivity index (χ2v) is 3.95. The van der Waals surface area contributed by atoms with E-state index in [0.717, 1.165) is 24.3 Å². The molecule has 9 heteroatoms. The molecule has 114 valence electrons. The molecule has 0 bridgehead atoms. The Labute approximate surface area is 109 Å². The van der Waals surface area contributed by atoms with E-state index in [4.69, 9.17) is 5.73 Å². The summed E-state index contributed by atoms with van der Waals surface area (Å²) in [5.74, 6) is -0.606. The predicted octanol–water partition coefficient (Wildman–Crippen LogP) is 3.34. The van der Waals surface area contributed by atoms with Crippen molar-refractivity contribution < 1.29 is 35.5 Å². The number of ether oxygens (including phenoxy) is 1. The van der Waals surface area contributed by atoms with Gasteiger partial charge in [-0.05, 0) is 17.7 Å². The van der Waals surface area contributed by atoms with Crippen molar-refractivity contribution in [3.05, 3.63) is 35.6 Å². The number of benzene rings is 1. The monoisotopic (exact) mass is 305 g/mol. The number of hydrogen-bond donors (Lipinski definition) is 1. The molecule has 2 nitrogen and oxygen atoms in total. The van der Waals surface area contributed by atoms with Gasteiger partial charge in [-0.1, -0.05) is 12.1 Å². The topological polar surface area (TPSA) is 35.2 Å². The van der Waals surface area contributed by atoms with E-state index in [1.807, 2.05) is 0 Å². The summed E-state index contributed by atoms with van der Waals surface area (Å²) in [5, 5.41) is 0. The zero-order valence-corrected chi connectivity index (χ0v) is 9.80. The largest absolute Gasteiger partial charge is 0.423 e. The van der Waals surface area contributed by atoms with Crippen LogP contribution in [-0.2, 0) is 4.74 Å². The lowest BCUT2D eigenvalue weighted by atomic mass is 10.1. The minimum absolute atomic E-state index is 0.162. The van der Waals surface area contributed by atoms with Gasteiger partial charge >= 0.3 is 12.4 Å². The van der Waals surface area contributed by atoms with E-state index in [1.165, 1.54) is 0 Å². The van der Waals surface area contributed by atoms with Gasteiger partial charge in [-0.2, -0.15) is 26.3 Å². The van der Waals surface area contributed by atoms with Crippen LogP contribution in [0.1, 0.15) is 11.6 Å². The molecule has 1 unspecified atom stereocenters. The molecule has 0 aliphatic rings. The Morgan fingerprint density at radius 3 is 1.80 bits per heavy atom. The van der Waals surface area contributed by atoms with Crippen LogP contribution in [0, 0.1) is 5.82 Å². The lowest BCUT2D eigenvalue weighted by Gasteiger charge is -2.24. The first-order valence-corrected chi connectivity index (χ1v) is 5.28. The maximum Gasteiger partial charge on any atom is 0.423 e. The smallest absolute Gasteiger partial charge is 0.359 e. The fourth-order valence-corrected chi connectivity index (χ4v) is 1.38. The average molecular weight is 305 g/mol. The Morgan fingerprint density at radius 1 is 0.950 bits per heavy atom. The molecule has 1 aromatic rings. The maximum atomic E-state index is 12.6. The molecule has 1 aromatic carbocycles. The van der Waals surface area contributed by atoms with Crippen molar-refractivity contribution in [3.63, 3.8) is 0 Å². The van der Waals surface area contributed by atoms with E-state index in [-0.39, 0.29) is 5.56 Å². The molecule has 0 saturated heterocycles. The number of nitrogens with two attached hydrogens (primary N) is 1. The van der Waals surface area contributed by atoms with Crippen LogP contribution in [0.3, 0.4) is 0 Å². The maximum absolute atomic E-state index is 12.6. The number of alkyl halides is 6. The molecular formula is C11H10F7NO. The zero-order valence-electron chi connectivity index (χ0n) is 9.80. The second kappa shape index (κ2) is 5.96. The van der Waals surface area contributed by atoms with Gasteiger partial charge in [-0.15, -0.1) is 0 Å². The molecule has 0 aromatic heterocycles. The van der Waals surface area contributed by atoms with Crippen molar-refractivity contribution in [3.8, 4) is 0 Å². The number of hydrogen-bond acceptors (Lipinski definition) is 2. The Hall–Kier alpha value is -1.35. The van der Waals surface area contributed by atoms with Crippen molar-refractivity contribution in [1.29, 1.82) is 0 Å². The molecule has 1 atom stereocenters. The van der Waals surface area contributed by atoms with Gasteiger partial charge in [0.1, 0.15) is 5.82 Å². The van der Waals surface area contributed by atoms with Crippen molar-refractivity contribution >= 4 is 0 Å². The van der Waals surface area contributed by atoms with E-state index in [1.54, 1.807) is 0 Å². The van der Waals surface area contributed by atoms with E-state index in [2.05, 4.69) is 4.74 Å². The van der Waals surface area contributed by atoms with Crippen LogP contribution in [0.5, 0.6) is 0 Å². The van der Waals surface area contributed by atoms with Crippen molar-refractivity contribution in [2.24, 2.45) is 5.73 Å². The standard InChI is InChI=1S/C11H10F7NO/c12-7-3-1-6(2-4-7)8(19)5-20-9(10(13,14)15)11(16,17)18/h1-4,8-9H,5,19H2.